The second kappa shape index (κ2) is 8.59. The Morgan fingerprint density at radius 3 is 2.04 bits per heavy atom. The Kier molecular flexibility index (Phi) is 5.97. The van der Waals surface area contributed by atoms with E-state index in [1.165, 1.54) is 42.5 Å². The van der Waals surface area contributed by atoms with Crippen molar-refractivity contribution in [1.29, 1.82) is 0 Å². The average molecular weight is 398 g/mol. The molecule has 0 unspecified atom stereocenters. The van der Waals surface area contributed by atoms with Crippen LogP contribution in [0.15, 0.2) is 46.9 Å². The van der Waals surface area contributed by atoms with E-state index in [0.29, 0.717) is 11.1 Å². The van der Waals surface area contributed by atoms with Gasteiger partial charge in [-0.25, -0.2) is 0 Å². The highest BCUT2D eigenvalue weighted by molar-refractivity contribution is 5.62. The van der Waals surface area contributed by atoms with Gasteiger partial charge in [-0.05, 0) is 49.4 Å². The molecule has 0 saturated heterocycles. The molecule has 0 atom stereocenters. The molecule has 0 aliphatic heterocycles. The van der Waals surface area contributed by atoms with E-state index >= 15 is 0 Å². The van der Waals surface area contributed by atoms with E-state index in [-0.39, 0.29) is 35.6 Å². The van der Waals surface area contributed by atoms with Gasteiger partial charge in [0.2, 0.25) is 11.8 Å². The van der Waals surface area contributed by atoms with Crippen molar-refractivity contribution in [1.82, 2.24) is 10.2 Å². The van der Waals surface area contributed by atoms with Gasteiger partial charge in [0.05, 0.1) is 6.61 Å². The number of nitrogens with zero attached hydrogens (tertiary/aromatic N) is 2. The summed E-state index contributed by atoms with van der Waals surface area (Å²) >= 11 is 0. The van der Waals surface area contributed by atoms with E-state index in [4.69, 9.17) is 9.15 Å². The minimum absolute atomic E-state index is 0.00513. The molecular weight excluding hydrogens is 384 g/mol. The van der Waals surface area contributed by atoms with E-state index in [1.807, 2.05) is 0 Å². The molecule has 2 aromatic carbocycles. The van der Waals surface area contributed by atoms with Crippen LogP contribution in [0.2, 0.25) is 0 Å². The van der Waals surface area contributed by atoms with Crippen LogP contribution in [-0.2, 0) is 0 Å². The summed E-state index contributed by atoms with van der Waals surface area (Å²) in [4.78, 5) is 0. The minimum Gasteiger partial charge on any atom is -0.490 e. The lowest BCUT2D eigenvalue weighted by molar-refractivity contribution is -0.0516. The number of hydrogen-bond acceptors (Lipinski definition) is 6. The first-order valence-electron chi connectivity index (χ1n) is 8.07. The van der Waals surface area contributed by atoms with Crippen molar-refractivity contribution in [3.05, 3.63) is 42.5 Å². The van der Waals surface area contributed by atoms with Gasteiger partial charge in [0.15, 0.2) is 11.5 Å². The van der Waals surface area contributed by atoms with Gasteiger partial charge in [-0.2, -0.15) is 17.6 Å². The van der Waals surface area contributed by atoms with Crippen LogP contribution in [0, 0.1) is 0 Å². The predicted octanol–water partition coefficient (Wildman–Crippen LogP) is 5.01. The van der Waals surface area contributed by atoms with E-state index < -0.39 is 13.2 Å². The Bertz CT molecular complexity index is 916. The number of ether oxygens (including phenoxy) is 3. The largest absolute Gasteiger partial charge is 0.490 e. The second-order valence-corrected chi connectivity index (χ2v) is 5.29. The van der Waals surface area contributed by atoms with E-state index in [9.17, 15) is 17.6 Å². The molecule has 0 fully saturated rings. The van der Waals surface area contributed by atoms with Crippen molar-refractivity contribution in [2.24, 2.45) is 0 Å². The zero-order valence-electron chi connectivity index (χ0n) is 14.4. The molecule has 0 spiro atoms. The lowest BCUT2D eigenvalue weighted by Gasteiger charge is -2.11. The molecule has 28 heavy (non-hydrogen) atoms. The fraction of sp³-hybridized carbons (Fsp3) is 0.222. The van der Waals surface area contributed by atoms with Crippen molar-refractivity contribution in [3.63, 3.8) is 0 Å². The van der Waals surface area contributed by atoms with Crippen LogP contribution in [0.1, 0.15) is 6.92 Å². The number of alkyl halides is 4. The summed E-state index contributed by atoms with van der Waals surface area (Å²) in [6, 6.07) is 9.88. The zero-order valence-corrected chi connectivity index (χ0v) is 14.4. The monoisotopic (exact) mass is 398 g/mol. The van der Waals surface area contributed by atoms with Gasteiger partial charge in [0, 0.05) is 11.1 Å². The molecule has 0 amide bonds. The Hall–Kier alpha value is -3.30. The summed E-state index contributed by atoms with van der Waals surface area (Å²) in [7, 11) is 0. The quantitative estimate of drug-likeness (QED) is 0.497. The third-order valence-corrected chi connectivity index (χ3v) is 3.46. The van der Waals surface area contributed by atoms with Gasteiger partial charge in [0.25, 0.3) is 0 Å². The van der Waals surface area contributed by atoms with Gasteiger partial charge in [-0.3, -0.25) is 0 Å². The Balaban J connectivity index is 1.84. The molecule has 0 radical (unpaired) electrons. The van der Waals surface area contributed by atoms with Crippen LogP contribution in [0.25, 0.3) is 22.9 Å². The molecule has 1 aromatic heterocycles. The van der Waals surface area contributed by atoms with Crippen molar-refractivity contribution in [2.75, 3.05) is 6.61 Å². The van der Waals surface area contributed by atoms with Crippen molar-refractivity contribution in [2.45, 2.75) is 20.1 Å². The Morgan fingerprint density at radius 1 is 0.821 bits per heavy atom. The first-order chi connectivity index (χ1) is 13.5. The molecule has 3 aromatic rings. The molecular formula is C18H14F4N2O4. The standard InChI is InChI=1S/C18H14F4N2O4/c1-2-25-14-9-11(5-8-13(14)27-18(21)22)16-24-23-15(28-16)10-3-6-12(7-4-10)26-17(19)20/h3-9,17-18H,2H2,1H3. The molecule has 0 N–H and O–H groups in total. The smallest absolute Gasteiger partial charge is 0.387 e. The van der Waals surface area contributed by atoms with Gasteiger partial charge in [-0.1, -0.05) is 0 Å². The summed E-state index contributed by atoms with van der Waals surface area (Å²) < 4.78 is 68.9. The van der Waals surface area contributed by atoms with E-state index in [0.717, 1.165) is 0 Å². The maximum atomic E-state index is 12.5. The molecule has 0 saturated carbocycles. The van der Waals surface area contributed by atoms with Gasteiger partial charge >= 0.3 is 13.2 Å². The van der Waals surface area contributed by atoms with Crippen molar-refractivity contribution < 1.29 is 36.2 Å². The number of rotatable bonds is 8. The maximum Gasteiger partial charge on any atom is 0.387 e. The number of aromatic nitrogens is 2. The fourth-order valence-electron chi connectivity index (χ4n) is 2.34. The lowest BCUT2D eigenvalue weighted by atomic mass is 10.2. The topological polar surface area (TPSA) is 66.6 Å². The van der Waals surface area contributed by atoms with Crippen LogP contribution in [0.5, 0.6) is 17.2 Å². The predicted molar refractivity (Wildman–Crippen MR) is 89.6 cm³/mol. The van der Waals surface area contributed by atoms with Crippen LogP contribution >= 0.6 is 0 Å². The summed E-state index contributed by atoms with van der Waals surface area (Å²) in [5.41, 5.74) is 0.921. The van der Waals surface area contributed by atoms with Crippen LogP contribution < -0.4 is 14.2 Å². The molecule has 3 rings (SSSR count). The van der Waals surface area contributed by atoms with E-state index in [1.54, 1.807) is 6.92 Å². The molecule has 6 nitrogen and oxygen atoms in total. The van der Waals surface area contributed by atoms with Crippen molar-refractivity contribution >= 4 is 0 Å². The SMILES string of the molecule is CCOc1cc(-c2nnc(-c3ccc(OC(F)F)cc3)o2)ccc1OC(F)F. The van der Waals surface area contributed by atoms with E-state index in [2.05, 4.69) is 19.7 Å². The lowest BCUT2D eigenvalue weighted by Crippen LogP contribution is -2.04. The third kappa shape index (κ3) is 4.70. The highest BCUT2D eigenvalue weighted by atomic mass is 19.3. The van der Waals surface area contributed by atoms with Gasteiger partial charge in [-0.15, -0.1) is 10.2 Å². The van der Waals surface area contributed by atoms with Crippen molar-refractivity contribution in [3.8, 4) is 40.2 Å². The van der Waals surface area contributed by atoms with Crippen LogP contribution in [-0.4, -0.2) is 30.0 Å². The first kappa shape index (κ1) is 19.5. The highest BCUT2D eigenvalue weighted by Gasteiger charge is 2.16. The fourth-order valence-corrected chi connectivity index (χ4v) is 2.34. The van der Waals surface area contributed by atoms with Crippen LogP contribution in [0.4, 0.5) is 17.6 Å². The normalized spacial score (nSPS) is 11.1. The van der Waals surface area contributed by atoms with Crippen LogP contribution in [0.3, 0.4) is 0 Å². The number of halogens is 4. The average Bonchev–Trinajstić information content (AvgIpc) is 3.13. The molecule has 0 aliphatic carbocycles. The Labute approximate surface area is 156 Å². The van der Waals surface area contributed by atoms with Gasteiger partial charge in [0.1, 0.15) is 5.75 Å². The molecule has 148 valence electrons. The maximum absolute atomic E-state index is 12.5. The second-order valence-electron chi connectivity index (χ2n) is 5.29. The minimum atomic E-state index is -2.99. The van der Waals surface area contributed by atoms with Gasteiger partial charge < -0.3 is 18.6 Å². The summed E-state index contributed by atoms with van der Waals surface area (Å²) in [6.07, 6.45) is 0. The summed E-state index contributed by atoms with van der Waals surface area (Å²) in [6.45, 7) is -3.97. The summed E-state index contributed by atoms with van der Waals surface area (Å²) in [5, 5.41) is 7.82. The Morgan fingerprint density at radius 2 is 1.43 bits per heavy atom. The number of hydrogen-bond donors (Lipinski definition) is 0. The first-order valence-corrected chi connectivity index (χ1v) is 8.07. The molecule has 0 aliphatic rings. The molecule has 1 heterocycles. The summed E-state index contributed by atoms with van der Waals surface area (Å²) in [5.74, 6) is 0.245. The zero-order chi connectivity index (χ0) is 20.1. The third-order valence-electron chi connectivity index (χ3n) is 3.46. The number of benzene rings is 2. The molecule has 0 bridgehead atoms. The molecule has 10 heteroatoms. The highest BCUT2D eigenvalue weighted by Crippen LogP contribution is 2.34.